The fraction of sp³-hybridized carbons (Fsp3) is 0.500. The highest BCUT2D eigenvalue weighted by Crippen LogP contribution is 2.18. The van der Waals surface area contributed by atoms with Crippen molar-refractivity contribution in [3.05, 3.63) is 24.0 Å². The van der Waals surface area contributed by atoms with Gasteiger partial charge in [0.25, 0.3) is 0 Å². The average molecular weight is 194 g/mol. The van der Waals surface area contributed by atoms with Gasteiger partial charge in [-0.2, -0.15) is 0 Å². The topological polar surface area (TPSA) is 57.4 Å². The molecule has 0 amide bonds. The van der Waals surface area contributed by atoms with Crippen LogP contribution in [0, 0.1) is 0 Å². The summed E-state index contributed by atoms with van der Waals surface area (Å²) in [6.45, 7) is 3.26. The Balaban J connectivity index is 2.05. The third-order valence-corrected chi connectivity index (χ3v) is 2.17. The number of hydrogen-bond acceptors (Lipinski definition) is 4. The number of nitrogens with zero attached hydrogens (tertiary/aromatic N) is 1. The Morgan fingerprint density at radius 1 is 1.57 bits per heavy atom. The Morgan fingerprint density at radius 2 is 2.36 bits per heavy atom. The van der Waals surface area contributed by atoms with E-state index in [2.05, 4.69) is 4.98 Å². The van der Waals surface area contributed by atoms with Gasteiger partial charge in [0.05, 0.1) is 19.4 Å². The van der Waals surface area contributed by atoms with Gasteiger partial charge in [-0.05, 0) is 18.6 Å². The third kappa shape index (κ3) is 2.02. The van der Waals surface area contributed by atoms with E-state index in [1.807, 2.05) is 13.0 Å². The Labute approximate surface area is 83.0 Å². The first-order valence-electron chi connectivity index (χ1n) is 4.70. The van der Waals surface area contributed by atoms with E-state index in [9.17, 15) is 0 Å². The summed E-state index contributed by atoms with van der Waals surface area (Å²) in [5.74, 6) is 0.771. The van der Waals surface area contributed by atoms with E-state index < -0.39 is 0 Å². The smallest absolute Gasteiger partial charge is 0.145 e. The van der Waals surface area contributed by atoms with Crippen LogP contribution in [0.4, 0.5) is 0 Å². The lowest BCUT2D eigenvalue weighted by molar-refractivity contribution is -0.0798. The number of pyridine rings is 1. The molecular weight excluding hydrogens is 180 g/mol. The first-order valence-corrected chi connectivity index (χ1v) is 4.70. The molecule has 1 aliphatic heterocycles. The zero-order chi connectivity index (χ0) is 9.97. The second kappa shape index (κ2) is 3.94. The van der Waals surface area contributed by atoms with Crippen LogP contribution in [-0.4, -0.2) is 24.3 Å². The first-order chi connectivity index (χ1) is 6.75. The van der Waals surface area contributed by atoms with Crippen LogP contribution < -0.4 is 10.5 Å². The van der Waals surface area contributed by atoms with Gasteiger partial charge >= 0.3 is 0 Å². The summed E-state index contributed by atoms with van der Waals surface area (Å²) in [7, 11) is 0. The van der Waals surface area contributed by atoms with Crippen LogP contribution in [0.5, 0.6) is 5.75 Å². The van der Waals surface area contributed by atoms with Crippen LogP contribution in [0.15, 0.2) is 18.5 Å². The van der Waals surface area contributed by atoms with E-state index in [1.165, 1.54) is 0 Å². The van der Waals surface area contributed by atoms with Gasteiger partial charge in [0.15, 0.2) is 0 Å². The SMILES string of the molecule is C[C@H](N)c1cncc(OC2COC2)c1. The van der Waals surface area contributed by atoms with Crippen molar-refractivity contribution in [1.82, 2.24) is 4.98 Å². The number of nitrogens with two attached hydrogens (primary N) is 1. The van der Waals surface area contributed by atoms with Crippen LogP contribution in [0.25, 0.3) is 0 Å². The Kier molecular flexibility index (Phi) is 2.65. The van der Waals surface area contributed by atoms with E-state index in [0.29, 0.717) is 13.2 Å². The molecule has 0 aliphatic carbocycles. The molecule has 1 atom stereocenters. The molecule has 2 heterocycles. The van der Waals surface area contributed by atoms with E-state index in [4.69, 9.17) is 15.2 Å². The molecule has 1 aromatic heterocycles. The molecular formula is C10H14N2O2. The summed E-state index contributed by atoms with van der Waals surface area (Å²) in [6.07, 6.45) is 3.64. The number of hydrogen-bond donors (Lipinski definition) is 1. The fourth-order valence-corrected chi connectivity index (χ4v) is 1.22. The van der Waals surface area contributed by atoms with Gasteiger partial charge in [0.2, 0.25) is 0 Å². The third-order valence-electron chi connectivity index (χ3n) is 2.17. The minimum Gasteiger partial charge on any atom is -0.484 e. The van der Waals surface area contributed by atoms with E-state index in [0.717, 1.165) is 11.3 Å². The second-order valence-electron chi connectivity index (χ2n) is 3.52. The first kappa shape index (κ1) is 9.43. The Hall–Kier alpha value is -1.13. The molecule has 4 heteroatoms. The molecule has 0 unspecified atom stereocenters. The van der Waals surface area contributed by atoms with Gasteiger partial charge in [-0.15, -0.1) is 0 Å². The van der Waals surface area contributed by atoms with Crippen LogP contribution in [0.2, 0.25) is 0 Å². The molecule has 0 spiro atoms. The average Bonchev–Trinajstić information content (AvgIpc) is 2.12. The van der Waals surface area contributed by atoms with Crippen LogP contribution in [0.1, 0.15) is 18.5 Å². The van der Waals surface area contributed by atoms with Crippen molar-refractivity contribution in [2.45, 2.75) is 19.1 Å². The Morgan fingerprint density at radius 3 is 2.93 bits per heavy atom. The zero-order valence-corrected chi connectivity index (χ0v) is 8.14. The number of aromatic nitrogens is 1. The van der Waals surface area contributed by atoms with Crippen molar-refractivity contribution in [3.63, 3.8) is 0 Å². The molecule has 0 saturated carbocycles. The molecule has 1 saturated heterocycles. The molecule has 2 N–H and O–H groups in total. The summed E-state index contributed by atoms with van der Waals surface area (Å²) in [5, 5.41) is 0. The van der Waals surface area contributed by atoms with Crippen molar-refractivity contribution in [1.29, 1.82) is 0 Å². The highest BCUT2D eigenvalue weighted by molar-refractivity contribution is 5.25. The molecule has 1 aromatic rings. The molecule has 0 radical (unpaired) electrons. The van der Waals surface area contributed by atoms with Gasteiger partial charge in [-0.3, -0.25) is 4.98 Å². The van der Waals surface area contributed by atoms with Crippen molar-refractivity contribution in [3.8, 4) is 5.75 Å². The highest BCUT2D eigenvalue weighted by atomic mass is 16.6. The zero-order valence-electron chi connectivity index (χ0n) is 8.14. The quantitative estimate of drug-likeness (QED) is 0.776. The predicted octanol–water partition coefficient (Wildman–Crippen LogP) is 0.879. The van der Waals surface area contributed by atoms with Gasteiger partial charge < -0.3 is 15.2 Å². The second-order valence-corrected chi connectivity index (χ2v) is 3.52. The highest BCUT2D eigenvalue weighted by Gasteiger charge is 2.20. The molecule has 0 bridgehead atoms. The molecule has 4 nitrogen and oxygen atoms in total. The maximum absolute atomic E-state index is 5.74. The largest absolute Gasteiger partial charge is 0.484 e. The van der Waals surface area contributed by atoms with E-state index in [-0.39, 0.29) is 12.1 Å². The van der Waals surface area contributed by atoms with Crippen LogP contribution in [0.3, 0.4) is 0 Å². The van der Waals surface area contributed by atoms with Crippen molar-refractivity contribution >= 4 is 0 Å². The lowest BCUT2D eigenvalue weighted by Crippen LogP contribution is -2.38. The van der Waals surface area contributed by atoms with Crippen molar-refractivity contribution < 1.29 is 9.47 Å². The van der Waals surface area contributed by atoms with Gasteiger partial charge in [-0.1, -0.05) is 0 Å². The summed E-state index contributed by atoms with van der Waals surface area (Å²) >= 11 is 0. The minimum absolute atomic E-state index is 0.0105. The number of ether oxygens (including phenoxy) is 2. The summed E-state index contributed by atoms with van der Waals surface area (Å²) in [6, 6.07) is 1.92. The number of rotatable bonds is 3. The molecule has 0 aromatic carbocycles. The lowest BCUT2D eigenvalue weighted by atomic mass is 10.1. The minimum atomic E-state index is -0.0105. The molecule has 76 valence electrons. The van der Waals surface area contributed by atoms with Crippen LogP contribution in [-0.2, 0) is 4.74 Å². The maximum Gasteiger partial charge on any atom is 0.145 e. The fourth-order valence-electron chi connectivity index (χ4n) is 1.22. The monoisotopic (exact) mass is 194 g/mol. The Bertz CT molecular complexity index is 311. The normalized spacial score (nSPS) is 18.7. The van der Waals surface area contributed by atoms with E-state index >= 15 is 0 Å². The van der Waals surface area contributed by atoms with E-state index in [1.54, 1.807) is 12.4 Å². The van der Waals surface area contributed by atoms with Crippen molar-refractivity contribution in [2.75, 3.05) is 13.2 Å². The van der Waals surface area contributed by atoms with Crippen molar-refractivity contribution in [2.24, 2.45) is 5.73 Å². The molecule has 2 rings (SSSR count). The maximum atomic E-state index is 5.74. The van der Waals surface area contributed by atoms with Gasteiger partial charge in [-0.25, -0.2) is 0 Å². The summed E-state index contributed by atoms with van der Waals surface area (Å²) in [4.78, 5) is 4.07. The van der Waals surface area contributed by atoms with Gasteiger partial charge in [0, 0.05) is 12.2 Å². The summed E-state index contributed by atoms with van der Waals surface area (Å²) in [5.41, 5.74) is 6.73. The van der Waals surface area contributed by atoms with Gasteiger partial charge in [0.1, 0.15) is 11.9 Å². The molecule has 14 heavy (non-hydrogen) atoms. The standard InChI is InChI=1S/C10H14N2O2/c1-7(11)8-2-9(4-12-3-8)14-10-5-13-6-10/h2-4,7,10H,5-6,11H2,1H3/t7-/m0/s1. The summed E-state index contributed by atoms with van der Waals surface area (Å²) < 4.78 is 10.6. The lowest BCUT2D eigenvalue weighted by Gasteiger charge is -2.26. The van der Waals surface area contributed by atoms with Crippen LogP contribution >= 0.6 is 0 Å². The predicted molar refractivity (Wildman–Crippen MR) is 52.1 cm³/mol. The molecule has 1 fully saturated rings. The molecule has 1 aliphatic rings.